The lowest BCUT2D eigenvalue weighted by molar-refractivity contribution is -0.136. The molecule has 22 heavy (non-hydrogen) atoms. The first-order valence-corrected chi connectivity index (χ1v) is 8.36. The molecule has 1 aromatic rings. The summed E-state index contributed by atoms with van der Waals surface area (Å²) >= 11 is 2.20. The van der Waals surface area contributed by atoms with Crippen LogP contribution in [0.5, 0.6) is 0 Å². The van der Waals surface area contributed by atoms with Gasteiger partial charge < -0.3 is 9.47 Å². The Bertz CT molecular complexity index is 604. The van der Waals surface area contributed by atoms with E-state index in [9.17, 15) is 4.79 Å². The summed E-state index contributed by atoms with van der Waals surface area (Å²) in [6, 6.07) is 10.1. The first-order valence-electron chi connectivity index (χ1n) is 7.29. The molecule has 1 aliphatic rings. The third kappa shape index (κ3) is 3.37. The van der Waals surface area contributed by atoms with E-state index in [2.05, 4.69) is 41.3 Å². The quantitative estimate of drug-likeness (QED) is 0.531. The number of halogens is 1. The molecule has 0 amide bonds. The Balaban J connectivity index is 2.36. The average molecular weight is 412 g/mol. The Labute approximate surface area is 145 Å². The number of rotatable bonds is 5. The number of esters is 1. The van der Waals surface area contributed by atoms with Crippen molar-refractivity contribution in [2.45, 2.75) is 32.3 Å². The molecule has 2 rings (SSSR count). The second-order valence-electron chi connectivity index (χ2n) is 5.83. The van der Waals surface area contributed by atoms with E-state index in [4.69, 9.17) is 9.47 Å². The topological polar surface area (TPSA) is 35.5 Å². The normalized spacial score (nSPS) is 21.0. The summed E-state index contributed by atoms with van der Waals surface area (Å²) in [5.41, 5.74) is 1.21. The number of hydrogen-bond donors (Lipinski definition) is 0. The van der Waals surface area contributed by atoms with Gasteiger partial charge in [-0.2, -0.15) is 0 Å². The van der Waals surface area contributed by atoms with E-state index in [1.165, 1.54) is 7.11 Å². The first-order chi connectivity index (χ1) is 10.4. The van der Waals surface area contributed by atoms with E-state index in [0.717, 1.165) is 14.9 Å². The molecule has 1 aliphatic heterocycles. The van der Waals surface area contributed by atoms with E-state index >= 15 is 0 Å². The van der Waals surface area contributed by atoms with Crippen molar-refractivity contribution in [3.63, 3.8) is 0 Å². The van der Waals surface area contributed by atoms with E-state index < -0.39 is 5.60 Å². The molecule has 1 heterocycles. The van der Waals surface area contributed by atoms with Gasteiger partial charge in [-0.05, 0) is 28.2 Å². The first kappa shape index (κ1) is 17.1. The molecular formula is C18H21IO3. The second kappa shape index (κ2) is 6.86. The largest absolute Gasteiger partial charge is 0.485 e. The lowest BCUT2D eigenvalue weighted by Gasteiger charge is -2.30. The minimum Gasteiger partial charge on any atom is -0.485 e. The fourth-order valence-electron chi connectivity index (χ4n) is 2.71. The van der Waals surface area contributed by atoms with E-state index in [-0.39, 0.29) is 11.9 Å². The Hall–Kier alpha value is -1.30. The molecule has 0 N–H and O–H groups in total. The maximum absolute atomic E-state index is 12.1. The zero-order valence-corrected chi connectivity index (χ0v) is 15.3. The lowest BCUT2D eigenvalue weighted by atomic mass is 9.89. The molecule has 0 bridgehead atoms. The van der Waals surface area contributed by atoms with Gasteiger partial charge in [0.2, 0.25) is 0 Å². The fourth-order valence-corrected chi connectivity index (χ4v) is 3.21. The molecule has 0 spiro atoms. The van der Waals surface area contributed by atoms with Crippen molar-refractivity contribution >= 4 is 28.6 Å². The van der Waals surface area contributed by atoms with Crippen LogP contribution in [-0.2, 0) is 20.7 Å². The van der Waals surface area contributed by atoms with Crippen molar-refractivity contribution in [1.82, 2.24) is 0 Å². The molecule has 0 saturated heterocycles. The van der Waals surface area contributed by atoms with Crippen LogP contribution in [0.4, 0.5) is 0 Å². The van der Waals surface area contributed by atoms with E-state index in [0.29, 0.717) is 18.4 Å². The maximum atomic E-state index is 12.1. The Morgan fingerprint density at radius 3 is 2.55 bits per heavy atom. The highest BCUT2D eigenvalue weighted by Gasteiger charge is 2.45. The van der Waals surface area contributed by atoms with Crippen LogP contribution < -0.4 is 0 Å². The molecule has 1 unspecified atom stereocenters. The Kier molecular flexibility index (Phi) is 5.32. The standard InChI is InChI=1S/C18H21IO3/c1-12(2)16-15(17(20)21-4)11-18(22-16,13(3)19)10-14-8-6-5-7-9-14/h5-9,12H,3,10-11H2,1-2,4H3. The van der Waals surface area contributed by atoms with Crippen LogP contribution in [0.15, 0.2) is 51.8 Å². The van der Waals surface area contributed by atoms with Crippen molar-refractivity contribution in [3.8, 4) is 0 Å². The highest BCUT2D eigenvalue weighted by molar-refractivity contribution is 14.1. The zero-order chi connectivity index (χ0) is 16.3. The van der Waals surface area contributed by atoms with Crippen molar-refractivity contribution < 1.29 is 14.3 Å². The highest BCUT2D eigenvalue weighted by Crippen LogP contribution is 2.45. The van der Waals surface area contributed by atoms with Crippen LogP contribution in [0.2, 0.25) is 0 Å². The van der Waals surface area contributed by atoms with Crippen LogP contribution in [0.3, 0.4) is 0 Å². The molecule has 0 aliphatic carbocycles. The van der Waals surface area contributed by atoms with Gasteiger partial charge in [0, 0.05) is 22.3 Å². The number of carbonyl (C=O) groups excluding carboxylic acids is 1. The van der Waals surface area contributed by atoms with Crippen LogP contribution in [-0.4, -0.2) is 18.7 Å². The maximum Gasteiger partial charge on any atom is 0.337 e. The third-order valence-corrected chi connectivity index (χ3v) is 4.83. The predicted molar refractivity (Wildman–Crippen MR) is 95.6 cm³/mol. The number of allylic oxidation sites excluding steroid dienone is 1. The molecule has 4 heteroatoms. The number of carbonyl (C=O) groups is 1. The predicted octanol–water partition coefficient (Wildman–Crippen LogP) is 4.42. The molecule has 0 fully saturated rings. The van der Waals surface area contributed by atoms with E-state index in [1.54, 1.807) is 0 Å². The van der Waals surface area contributed by atoms with Gasteiger partial charge in [0.1, 0.15) is 11.4 Å². The van der Waals surface area contributed by atoms with Gasteiger partial charge in [0.05, 0.1) is 12.7 Å². The van der Waals surface area contributed by atoms with Gasteiger partial charge in [0.25, 0.3) is 0 Å². The number of methoxy groups -OCH3 is 1. The highest BCUT2D eigenvalue weighted by atomic mass is 127. The SMILES string of the molecule is C=C(I)C1(Cc2ccccc2)CC(C(=O)OC)=C(C(C)C)O1. The Morgan fingerprint density at radius 2 is 2.05 bits per heavy atom. The number of ether oxygens (including phenoxy) is 2. The van der Waals surface area contributed by atoms with Gasteiger partial charge in [-0.25, -0.2) is 4.79 Å². The van der Waals surface area contributed by atoms with Gasteiger partial charge in [0.15, 0.2) is 0 Å². The van der Waals surface area contributed by atoms with Gasteiger partial charge in [-0.15, -0.1) is 0 Å². The van der Waals surface area contributed by atoms with Crippen LogP contribution in [0.25, 0.3) is 0 Å². The lowest BCUT2D eigenvalue weighted by Crippen LogP contribution is -2.32. The average Bonchev–Trinajstić information content (AvgIpc) is 2.89. The summed E-state index contributed by atoms with van der Waals surface area (Å²) < 4.78 is 12.1. The van der Waals surface area contributed by atoms with Crippen LogP contribution >= 0.6 is 22.6 Å². The molecule has 118 valence electrons. The van der Waals surface area contributed by atoms with Crippen LogP contribution in [0, 0.1) is 5.92 Å². The molecule has 0 saturated carbocycles. The van der Waals surface area contributed by atoms with E-state index in [1.807, 2.05) is 32.0 Å². The monoisotopic (exact) mass is 412 g/mol. The van der Waals surface area contributed by atoms with Gasteiger partial charge >= 0.3 is 5.97 Å². The summed E-state index contributed by atoms with van der Waals surface area (Å²) in [6.07, 6.45) is 1.19. The molecule has 0 radical (unpaired) electrons. The number of benzene rings is 1. The zero-order valence-electron chi connectivity index (χ0n) is 13.2. The minimum absolute atomic E-state index is 0.127. The summed E-state index contributed by atoms with van der Waals surface area (Å²) in [5.74, 6) is 0.541. The van der Waals surface area contributed by atoms with Gasteiger partial charge in [-0.1, -0.05) is 50.8 Å². The molecular weight excluding hydrogens is 391 g/mol. The molecule has 1 aromatic carbocycles. The molecule has 3 nitrogen and oxygen atoms in total. The van der Waals surface area contributed by atoms with Crippen molar-refractivity contribution in [2.24, 2.45) is 5.92 Å². The van der Waals surface area contributed by atoms with Crippen molar-refractivity contribution in [2.75, 3.05) is 7.11 Å². The molecule has 0 aromatic heterocycles. The summed E-state index contributed by atoms with van der Waals surface area (Å²) in [6.45, 7) is 8.14. The van der Waals surface area contributed by atoms with Crippen LogP contribution in [0.1, 0.15) is 25.8 Å². The second-order valence-corrected chi connectivity index (χ2v) is 7.13. The smallest absolute Gasteiger partial charge is 0.337 e. The summed E-state index contributed by atoms with van der Waals surface area (Å²) in [7, 11) is 1.41. The summed E-state index contributed by atoms with van der Waals surface area (Å²) in [4.78, 5) is 12.1. The van der Waals surface area contributed by atoms with Gasteiger partial charge in [-0.3, -0.25) is 0 Å². The molecule has 1 atom stereocenters. The Morgan fingerprint density at radius 1 is 1.41 bits per heavy atom. The minimum atomic E-state index is -0.578. The van der Waals surface area contributed by atoms with Crippen molar-refractivity contribution in [3.05, 3.63) is 57.4 Å². The summed E-state index contributed by atoms with van der Waals surface area (Å²) in [5, 5.41) is 0. The fraction of sp³-hybridized carbons (Fsp3) is 0.389. The number of hydrogen-bond acceptors (Lipinski definition) is 3. The van der Waals surface area contributed by atoms with Crippen molar-refractivity contribution in [1.29, 1.82) is 0 Å². The third-order valence-electron chi connectivity index (χ3n) is 3.85.